The van der Waals surface area contributed by atoms with Gasteiger partial charge in [0.2, 0.25) is 11.8 Å². The minimum absolute atomic E-state index is 0.00956. The quantitative estimate of drug-likeness (QED) is 0.869. The molecule has 1 aliphatic heterocycles. The number of nitrogens with one attached hydrogen (secondary N) is 1. The molecule has 1 aliphatic rings. The molecule has 0 saturated carbocycles. The fraction of sp³-hybridized carbons (Fsp3) is 0.308. The predicted octanol–water partition coefficient (Wildman–Crippen LogP) is 1.28. The number of fused-ring (bicyclic) bond motifs is 1. The van der Waals surface area contributed by atoms with Gasteiger partial charge in [0.25, 0.3) is 0 Å². The van der Waals surface area contributed by atoms with Crippen molar-refractivity contribution in [3.05, 3.63) is 34.5 Å². The van der Waals surface area contributed by atoms with Crippen LogP contribution in [0.2, 0.25) is 0 Å². The number of ether oxygens (including phenoxy) is 1. The molecule has 2 aromatic heterocycles. The summed E-state index contributed by atoms with van der Waals surface area (Å²) in [6.45, 7) is 0.418. The number of thiazole rings is 1. The second-order valence-corrected chi connectivity index (χ2v) is 5.56. The van der Waals surface area contributed by atoms with Crippen LogP contribution in [0.4, 0.5) is 5.13 Å². The predicted molar refractivity (Wildman–Crippen MR) is 75.6 cm³/mol. The molecule has 0 aliphatic carbocycles. The number of amides is 1. The van der Waals surface area contributed by atoms with Crippen LogP contribution in [-0.2, 0) is 11.3 Å². The number of carbonyl (C=O) groups is 1. The highest BCUT2D eigenvalue weighted by molar-refractivity contribution is 7.15. The molecule has 1 atom stereocenters. The van der Waals surface area contributed by atoms with Gasteiger partial charge in [-0.15, -0.1) is 11.3 Å². The number of hydrogen-bond donors (Lipinski definition) is 2. The third-order valence-corrected chi connectivity index (χ3v) is 4.31. The lowest BCUT2D eigenvalue weighted by molar-refractivity contribution is -0.121. The number of aromatic nitrogens is 2. The smallest absolute Gasteiger partial charge is 0.221 e. The molecule has 3 N–H and O–H groups in total. The lowest BCUT2D eigenvalue weighted by Gasteiger charge is -2.15. The van der Waals surface area contributed by atoms with E-state index >= 15 is 0 Å². The molecule has 0 unspecified atom stereocenters. The van der Waals surface area contributed by atoms with Gasteiger partial charge < -0.3 is 15.8 Å². The van der Waals surface area contributed by atoms with Crippen LogP contribution < -0.4 is 15.8 Å². The van der Waals surface area contributed by atoms with Gasteiger partial charge in [0.15, 0.2) is 5.13 Å². The van der Waals surface area contributed by atoms with Crippen molar-refractivity contribution in [2.24, 2.45) is 0 Å². The molecular formula is C13H14N4O2S. The van der Waals surface area contributed by atoms with Crippen LogP contribution in [0.5, 0.6) is 5.88 Å². The van der Waals surface area contributed by atoms with E-state index in [4.69, 9.17) is 10.5 Å². The maximum Gasteiger partial charge on any atom is 0.221 e. The Labute approximate surface area is 120 Å². The number of nitrogens with two attached hydrogens (primary N) is 1. The SMILES string of the molecule is COc1ncccc1[C@H]1CC(=O)NCc2nc(N)sc21. The Bertz CT molecular complexity index is 656. The van der Waals surface area contributed by atoms with Crippen molar-refractivity contribution in [2.75, 3.05) is 12.8 Å². The lowest BCUT2D eigenvalue weighted by Crippen LogP contribution is -2.21. The van der Waals surface area contributed by atoms with Crippen molar-refractivity contribution in [3.8, 4) is 5.88 Å². The summed E-state index contributed by atoms with van der Waals surface area (Å²) in [4.78, 5) is 21.4. The standard InChI is InChI=1S/C13H14N4O2S/c1-19-12-7(3-2-4-15-12)8-5-10(18)16-6-9-11(8)20-13(14)17-9/h2-4,8H,5-6H2,1H3,(H2,14,17)(H,16,18)/t8-/m1/s1. The molecule has 0 bridgehead atoms. The molecule has 0 spiro atoms. The Hall–Kier alpha value is -2.15. The average Bonchev–Trinajstić information content (AvgIpc) is 2.76. The van der Waals surface area contributed by atoms with E-state index in [0.717, 1.165) is 16.1 Å². The Morgan fingerprint density at radius 3 is 3.20 bits per heavy atom. The van der Waals surface area contributed by atoms with Crippen molar-refractivity contribution in [2.45, 2.75) is 18.9 Å². The van der Waals surface area contributed by atoms with Crippen molar-refractivity contribution >= 4 is 22.4 Å². The minimum Gasteiger partial charge on any atom is -0.481 e. The number of rotatable bonds is 2. The summed E-state index contributed by atoms with van der Waals surface area (Å²) in [6, 6.07) is 3.76. The van der Waals surface area contributed by atoms with Crippen LogP contribution in [0.3, 0.4) is 0 Å². The first kappa shape index (κ1) is 12.9. The van der Waals surface area contributed by atoms with Crippen molar-refractivity contribution in [3.63, 3.8) is 0 Å². The van der Waals surface area contributed by atoms with E-state index in [-0.39, 0.29) is 11.8 Å². The summed E-state index contributed by atoms with van der Waals surface area (Å²) in [5.74, 6) is 0.403. The normalized spacial score (nSPS) is 18.1. The van der Waals surface area contributed by atoms with E-state index in [0.29, 0.717) is 24.0 Å². The largest absolute Gasteiger partial charge is 0.481 e. The van der Waals surface area contributed by atoms with Gasteiger partial charge in [0.1, 0.15) is 0 Å². The van der Waals surface area contributed by atoms with E-state index in [1.165, 1.54) is 11.3 Å². The van der Waals surface area contributed by atoms with Crippen LogP contribution >= 0.6 is 11.3 Å². The third-order valence-electron chi connectivity index (χ3n) is 3.27. The molecule has 0 radical (unpaired) electrons. The second-order valence-electron chi connectivity index (χ2n) is 4.50. The van der Waals surface area contributed by atoms with Gasteiger partial charge in [-0.05, 0) is 6.07 Å². The van der Waals surface area contributed by atoms with Crippen molar-refractivity contribution in [1.29, 1.82) is 0 Å². The minimum atomic E-state index is -0.119. The highest BCUT2D eigenvalue weighted by Crippen LogP contribution is 2.39. The zero-order valence-corrected chi connectivity index (χ0v) is 11.7. The number of nitrogen functional groups attached to an aromatic ring is 1. The summed E-state index contributed by atoms with van der Waals surface area (Å²) < 4.78 is 5.31. The first-order valence-electron chi connectivity index (χ1n) is 6.19. The molecule has 3 heterocycles. The molecule has 3 rings (SSSR count). The molecule has 0 aromatic carbocycles. The third kappa shape index (κ3) is 2.20. The molecule has 0 fully saturated rings. The molecule has 1 amide bonds. The Morgan fingerprint density at radius 1 is 1.55 bits per heavy atom. The number of carbonyl (C=O) groups excluding carboxylic acids is 1. The van der Waals surface area contributed by atoms with Gasteiger partial charge in [-0.1, -0.05) is 6.07 Å². The van der Waals surface area contributed by atoms with E-state index in [2.05, 4.69) is 15.3 Å². The van der Waals surface area contributed by atoms with E-state index < -0.39 is 0 Å². The topological polar surface area (TPSA) is 90.1 Å². The first-order chi connectivity index (χ1) is 9.69. The second kappa shape index (κ2) is 5.09. The molecule has 6 nitrogen and oxygen atoms in total. The molecule has 0 saturated heterocycles. The Balaban J connectivity index is 2.12. The summed E-state index contributed by atoms with van der Waals surface area (Å²) in [5.41, 5.74) is 7.52. The molecular weight excluding hydrogens is 276 g/mol. The van der Waals surface area contributed by atoms with E-state index in [1.54, 1.807) is 13.3 Å². The Morgan fingerprint density at radius 2 is 2.40 bits per heavy atom. The molecule has 20 heavy (non-hydrogen) atoms. The van der Waals surface area contributed by atoms with Gasteiger partial charge in [-0.25, -0.2) is 9.97 Å². The number of nitrogens with zero attached hydrogens (tertiary/aromatic N) is 2. The van der Waals surface area contributed by atoms with Gasteiger partial charge in [-0.2, -0.15) is 0 Å². The maximum atomic E-state index is 11.9. The van der Waals surface area contributed by atoms with Crippen LogP contribution in [-0.4, -0.2) is 23.0 Å². The summed E-state index contributed by atoms with van der Waals surface area (Å²) >= 11 is 1.42. The Kier molecular flexibility index (Phi) is 3.27. The molecule has 2 aromatic rings. The highest BCUT2D eigenvalue weighted by atomic mass is 32.1. The monoisotopic (exact) mass is 290 g/mol. The number of anilines is 1. The van der Waals surface area contributed by atoms with Gasteiger partial charge >= 0.3 is 0 Å². The highest BCUT2D eigenvalue weighted by Gasteiger charge is 2.29. The fourth-order valence-electron chi connectivity index (χ4n) is 2.40. The number of methoxy groups -OCH3 is 1. The lowest BCUT2D eigenvalue weighted by atomic mass is 9.94. The van der Waals surface area contributed by atoms with Crippen LogP contribution in [0.25, 0.3) is 0 Å². The van der Waals surface area contributed by atoms with Crippen LogP contribution in [0.15, 0.2) is 18.3 Å². The zero-order valence-electron chi connectivity index (χ0n) is 10.9. The van der Waals surface area contributed by atoms with Crippen LogP contribution in [0, 0.1) is 0 Å². The van der Waals surface area contributed by atoms with Gasteiger partial charge in [-0.3, -0.25) is 4.79 Å². The average molecular weight is 290 g/mol. The summed E-state index contributed by atoms with van der Waals surface area (Å²) in [5, 5.41) is 3.35. The van der Waals surface area contributed by atoms with E-state index in [9.17, 15) is 4.79 Å². The fourth-order valence-corrected chi connectivity index (χ4v) is 3.37. The maximum absolute atomic E-state index is 11.9. The number of pyridine rings is 1. The molecule has 104 valence electrons. The zero-order chi connectivity index (χ0) is 14.1. The van der Waals surface area contributed by atoms with E-state index in [1.807, 2.05) is 12.1 Å². The van der Waals surface area contributed by atoms with Crippen molar-refractivity contribution in [1.82, 2.24) is 15.3 Å². The first-order valence-corrected chi connectivity index (χ1v) is 7.01. The van der Waals surface area contributed by atoms with Crippen LogP contribution in [0.1, 0.15) is 28.5 Å². The summed E-state index contributed by atoms with van der Waals surface area (Å²) in [6.07, 6.45) is 2.01. The van der Waals surface area contributed by atoms with Gasteiger partial charge in [0, 0.05) is 29.0 Å². The summed E-state index contributed by atoms with van der Waals surface area (Å²) in [7, 11) is 1.57. The molecule has 7 heteroatoms. The number of hydrogen-bond acceptors (Lipinski definition) is 6. The van der Waals surface area contributed by atoms with Gasteiger partial charge in [0.05, 0.1) is 19.3 Å². The van der Waals surface area contributed by atoms with Crippen molar-refractivity contribution < 1.29 is 9.53 Å².